The number of non-ortho nitro benzene ring substituents is 1. The Hall–Kier alpha value is -3.71. The second kappa shape index (κ2) is 13.7. The van der Waals surface area contributed by atoms with Crippen molar-refractivity contribution in [1.82, 2.24) is 9.37 Å². The quantitative estimate of drug-likeness (QED) is 0.145. The van der Waals surface area contributed by atoms with Crippen LogP contribution in [0.25, 0.3) is 0 Å². The van der Waals surface area contributed by atoms with Gasteiger partial charge in [0.1, 0.15) is 5.60 Å². The Bertz CT molecular complexity index is 1480. The maximum absolute atomic E-state index is 14.0. The molecule has 2 N–H and O–H groups in total. The number of benzene rings is 1. The number of nitro groups is 2. The van der Waals surface area contributed by atoms with Gasteiger partial charge in [0.25, 0.3) is 21.4 Å². The smallest absolute Gasteiger partial charge is 0.410 e. The van der Waals surface area contributed by atoms with Gasteiger partial charge in [-0.3, -0.25) is 34.8 Å². The van der Waals surface area contributed by atoms with Gasteiger partial charge >= 0.3 is 6.09 Å². The van der Waals surface area contributed by atoms with E-state index < -0.39 is 87.3 Å². The number of rotatable bonds is 12. The van der Waals surface area contributed by atoms with Crippen LogP contribution in [-0.4, -0.2) is 85.4 Å². The monoisotopic (exact) mass is 671 g/mol. The van der Waals surface area contributed by atoms with Crippen molar-refractivity contribution in [1.29, 1.82) is 0 Å². The first-order valence-corrected chi connectivity index (χ1v) is 18.2. The molecule has 16 nitrogen and oxygen atoms in total. The molecule has 2 rings (SSSR count). The third-order valence-electron chi connectivity index (χ3n) is 7.27. The van der Waals surface area contributed by atoms with Gasteiger partial charge in [0, 0.05) is 18.2 Å². The summed E-state index contributed by atoms with van der Waals surface area (Å²) in [7, 11) is -7.45. The van der Waals surface area contributed by atoms with E-state index in [1.54, 1.807) is 20.8 Å². The molecule has 0 saturated carbocycles. The summed E-state index contributed by atoms with van der Waals surface area (Å²) in [5.41, 5.74) is 2.64. The zero-order valence-electron chi connectivity index (χ0n) is 26.6. The van der Waals surface area contributed by atoms with Crippen LogP contribution < -0.4 is 5.73 Å². The molecule has 0 unspecified atom stereocenters. The minimum Gasteiger partial charge on any atom is -0.444 e. The van der Waals surface area contributed by atoms with E-state index in [0.29, 0.717) is 16.6 Å². The normalized spacial score (nSPS) is 17.9. The number of hydrogen-bond donors (Lipinski definition) is 1. The molecule has 0 aliphatic carbocycles. The highest BCUT2D eigenvalue weighted by molar-refractivity contribution is 7.89. The Morgan fingerprint density at radius 2 is 1.76 bits per heavy atom. The van der Waals surface area contributed by atoms with E-state index in [2.05, 4.69) is 6.58 Å². The van der Waals surface area contributed by atoms with Crippen LogP contribution >= 0.6 is 0 Å². The van der Waals surface area contributed by atoms with Gasteiger partial charge in [-0.1, -0.05) is 31.3 Å². The van der Waals surface area contributed by atoms with E-state index in [0.717, 1.165) is 6.07 Å². The molecule has 1 aromatic rings. The average molecular weight is 672 g/mol. The zero-order valence-corrected chi connectivity index (χ0v) is 28.5. The van der Waals surface area contributed by atoms with Gasteiger partial charge in [0.15, 0.2) is 13.2 Å². The Morgan fingerprint density at radius 3 is 2.22 bits per heavy atom. The number of primary amides is 1. The van der Waals surface area contributed by atoms with Crippen molar-refractivity contribution in [3.8, 4) is 0 Å². The number of nitrogens with zero attached hydrogens (tertiary/aromatic N) is 4. The second-order valence-electron chi connectivity index (χ2n) is 12.8. The van der Waals surface area contributed by atoms with Crippen molar-refractivity contribution in [3.63, 3.8) is 0 Å². The van der Waals surface area contributed by atoms with Gasteiger partial charge in [0.2, 0.25) is 5.91 Å². The maximum atomic E-state index is 14.0. The van der Waals surface area contributed by atoms with Crippen molar-refractivity contribution < 1.29 is 41.9 Å². The standard InChI is InChI=1S/C27H41N5O11SSi/c1-10-13-41-32(44(39,40)23-12-11-18(30(35)36)15-21(23)31(37)38)22-16-29(25(34)43-26(2,3)4)19(14-20(22)24(28)33)17-42-45(8,9)27(5,6)7/h10-12,14-15,19,22H,1,13,16-17H2,2-9H3,(H2,28,33)/t19-,22-/m0/s1. The number of carbonyl (C=O) groups is 2. The highest BCUT2D eigenvalue weighted by atomic mass is 32.2. The fourth-order valence-electron chi connectivity index (χ4n) is 3.96. The molecule has 45 heavy (non-hydrogen) atoms. The van der Waals surface area contributed by atoms with E-state index in [-0.39, 0.29) is 17.2 Å². The molecule has 2 amide bonds. The number of hydroxylamine groups is 1. The van der Waals surface area contributed by atoms with Crippen molar-refractivity contribution >= 4 is 41.7 Å². The SMILES string of the molecule is C=CCON([C@H]1CN(C(=O)OC(C)(C)C)[C@H](CO[Si](C)(C)C(C)(C)C)C=C1C(N)=O)S(=O)(=O)c1ccc([N+](=O)[O-])cc1[N+](=O)[O-]. The summed E-state index contributed by atoms with van der Waals surface area (Å²) in [6.07, 6.45) is 1.61. The fraction of sp³-hybridized carbons (Fsp3) is 0.556. The predicted molar refractivity (Wildman–Crippen MR) is 166 cm³/mol. The molecule has 0 aromatic heterocycles. The van der Waals surface area contributed by atoms with Crippen LogP contribution in [0.15, 0.2) is 47.4 Å². The van der Waals surface area contributed by atoms with Crippen molar-refractivity contribution in [2.75, 3.05) is 19.8 Å². The van der Waals surface area contributed by atoms with E-state index >= 15 is 0 Å². The average Bonchev–Trinajstić information content (AvgIpc) is 2.89. The van der Waals surface area contributed by atoms with Gasteiger partial charge in [-0.2, -0.15) is 0 Å². The third-order valence-corrected chi connectivity index (χ3v) is 13.5. The largest absolute Gasteiger partial charge is 0.444 e. The lowest BCUT2D eigenvalue weighted by atomic mass is 9.98. The predicted octanol–water partition coefficient (Wildman–Crippen LogP) is 4.03. The van der Waals surface area contributed by atoms with E-state index in [1.807, 2.05) is 33.9 Å². The molecular weight excluding hydrogens is 630 g/mol. The third kappa shape index (κ3) is 8.94. The lowest BCUT2D eigenvalue weighted by Gasteiger charge is -2.43. The van der Waals surface area contributed by atoms with Crippen molar-refractivity contribution in [2.45, 2.75) is 82.3 Å². The summed E-state index contributed by atoms with van der Waals surface area (Å²) in [5.74, 6) is -1.05. The van der Waals surface area contributed by atoms with Crippen LogP contribution in [0.3, 0.4) is 0 Å². The van der Waals surface area contributed by atoms with Gasteiger partial charge in [-0.15, -0.1) is 6.58 Å². The summed E-state index contributed by atoms with van der Waals surface area (Å²) in [6, 6.07) is -0.595. The molecule has 0 fully saturated rings. The van der Waals surface area contributed by atoms with Gasteiger partial charge in [-0.05, 0) is 51.0 Å². The Morgan fingerprint density at radius 1 is 1.16 bits per heavy atom. The molecule has 18 heteroatoms. The van der Waals surface area contributed by atoms with Crippen LogP contribution in [-0.2, 0) is 28.8 Å². The lowest BCUT2D eigenvalue weighted by Crippen LogP contribution is -2.58. The van der Waals surface area contributed by atoms with E-state index in [9.17, 15) is 38.2 Å². The number of amides is 2. The molecular formula is C27H41N5O11SSi. The number of nitro benzene ring substituents is 2. The van der Waals surface area contributed by atoms with Crippen LogP contribution in [0.4, 0.5) is 16.2 Å². The van der Waals surface area contributed by atoms with Gasteiger partial charge < -0.3 is 14.9 Å². The summed E-state index contributed by atoms with van der Waals surface area (Å²) in [5, 5.41) is 22.9. The molecule has 1 aliphatic rings. The Labute approximate surface area is 263 Å². The first kappa shape index (κ1) is 37.5. The lowest BCUT2D eigenvalue weighted by molar-refractivity contribution is -0.396. The highest BCUT2D eigenvalue weighted by Crippen LogP contribution is 2.38. The summed E-state index contributed by atoms with van der Waals surface area (Å²) >= 11 is 0. The summed E-state index contributed by atoms with van der Waals surface area (Å²) in [4.78, 5) is 53.1. The fourth-order valence-corrected chi connectivity index (χ4v) is 6.53. The molecule has 0 spiro atoms. The molecule has 2 atom stereocenters. The molecule has 0 saturated heterocycles. The minimum absolute atomic E-state index is 0.0761. The molecule has 1 heterocycles. The molecule has 250 valence electrons. The molecule has 0 bridgehead atoms. The van der Waals surface area contributed by atoms with Gasteiger partial charge in [-0.25, -0.2) is 13.2 Å². The number of hydrogen-bond acceptors (Lipinski definition) is 11. The van der Waals surface area contributed by atoms with Crippen LogP contribution in [0.2, 0.25) is 18.1 Å². The summed E-state index contributed by atoms with van der Waals surface area (Å²) < 4.78 is 40.3. The Kier molecular flexibility index (Phi) is 11.4. The second-order valence-corrected chi connectivity index (χ2v) is 19.3. The molecule has 1 aromatic carbocycles. The maximum Gasteiger partial charge on any atom is 0.410 e. The first-order chi connectivity index (χ1) is 20.4. The van der Waals surface area contributed by atoms with E-state index in [1.165, 1.54) is 17.1 Å². The molecule has 0 radical (unpaired) electrons. The van der Waals surface area contributed by atoms with Crippen LogP contribution in [0.1, 0.15) is 41.5 Å². The zero-order chi connectivity index (χ0) is 34.7. The van der Waals surface area contributed by atoms with Gasteiger partial charge in [0.05, 0.1) is 41.2 Å². The number of ether oxygens (including phenoxy) is 1. The van der Waals surface area contributed by atoms with E-state index in [4.69, 9.17) is 19.7 Å². The minimum atomic E-state index is -5.07. The topological polar surface area (TPSA) is 215 Å². The summed E-state index contributed by atoms with van der Waals surface area (Å²) in [6.45, 7) is 17.4. The number of nitrogens with two attached hydrogens (primary N) is 1. The van der Waals surface area contributed by atoms with Crippen LogP contribution in [0, 0.1) is 20.2 Å². The number of sulfonamides is 1. The molecule has 1 aliphatic heterocycles. The highest BCUT2D eigenvalue weighted by Gasteiger charge is 2.47. The van der Waals surface area contributed by atoms with Crippen molar-refractivity contribution in [3.05, 3.63) is 62.7 Å². The first-order valence-electron chi connectivity index (χ1n) is 13.8. The van der Waals surface area contributed by atoms with Crippen LogP contribution in [0.5, 0.6) is 0 Å². The Balaban J connectivity index is 2.78. The van der Waals surface area contributed by atoms with Crippen molar-refractivity contribution in [2.24, 2.45) is 5.73 Å². The number of carbonyl (C=O) groups excluding carboxylic acids is 2.